The molecule has 0 unspecified atom stereocenters. The molecule has 0 spiro atoms. The van der Waals surface area contributed by atoms with Gasteiger partial charge in [-0.05, 0) is 66.6 Å². The summed E-state index contributed by atoms with van der Waals surface area (Å²) in [4.78, 5) is 12.8. The third-order valence-electron chi connectivity index (χ3n) is 4.11. The molecule has 0 aliphatic heterocycles. The number of hydrogen-bond acceptors (Lipinski definition) is 2. The average molecular weight is 343 g/mol. The number of ketones is 1. The minimum atomic E-state index is -0.844. The van der Waals surface area contributed by atoms with E-state index in [1.54, 1.807) is 18.2 Å². The second-order valence-electron chi connectivity index (χ2n) is 5.54. The maximum Gasteiger partial charge on any atom is 0.197 e. The van der Waals surface area contributed by atoms with E-state index in [0.29, 0.717) is 29.8 Å². The summed E-state index contributed by atoms with van der Waals surface area (Å²) in [7, 11) is 0. The van der Waals surface area contributed by atoms with Gasteiger partial charge in [0, 0.05) is 6.61 Å². The quantitative estimate of drug-likeness (QED) is 0.737. The van der Waals surface area contributed by atoms with Gasteiger partial charge in [0.05, 0.1) is 10.0 Å². The Morgan fingerprint density at radius 3 is 2.70 bits per heavy atom. The monoisotopic (exact) mass is 342 g/mol. The summed E-state index contributed by atoms with van der Waals surface area (Å²) in [6.45, 7) is 4.53. The Hall–Kier alpha value is -0.740. The van der Waals surface area contributed by atoms with Crippen molar-refractivity contribution in [2.75, 3.05) is 6.61 Å². The first kappa shape index (κ1) is 15.6. The molecule has 0 aromatic heterocycles. The van der Waals surface area contributed by atoms with Crippen LogP contribution in [0.1, 0.15) is 49.9 Å². The van der Waals surface area contributed by atoms with E-state index in [2.05, 4.69) is 22.9 Å². The van der Waals surface area contributed by atoms with Crippen molar-refractivity contribution in [2.45, 2.75) is 45.1 Å². The van der Waals surface area contributed by atoms with E-state index in [0.717, 1.165) is 12.8 Å². The molecule has 2 nitrogen and oxygen atoms in total. The average Bonchev–Trinajstić information content (AvgIpc) is 2.44. The third-order valence-corrected chi connectivity index (χ3v) is 4.73. The molecule has 0 amide bonds. The second-order valence-corrected chi connectivity index (χ2v) is 6.39. The fraction of sp³-hybridized carbons (Fsp3) is 0.562. The number of hydrogen-bond donors (Lipinski definition) is 0. The molecule has 110 valence electrons. The van der Waals surface area contributed by atoms with E-state index in [1.807, 2.05) is 6.92 Å². The van der Waals surface area contributed by atoms with E-state index in [4.69, 9.17) is 4.74 Å². The molecule has 0 atom stereocenters. The minimum absolute atomic E-state index is 0.127. The molecule has 0 saturated heterocycles. The summed E-state index contributed by atoms with van der Waals surface area (Å²) in [5.41, 5.74) is -0.717. The van der Waals surface area contributed by atoms with Crippen LogP contribution in [0.5, 0.6) is 0 Å². The van der Waals surface area contributed by atoms with Crippen molar-refractivity contribution < 1.29 is 13.9 Å². The first-order chi connectivity index (χ1) is 9.50. The molecular weight excluding hydrogens is 323 g/mol. The molecule has 0 bridgehead atoms. The fourth-order valence-electron chi connectivity index (χ4n) is 2.87. The normalized spacial score (nSPS) is 26.5. The van der Waals surface area contributed by atoms with Gasteiger partial charge < -0.3 is 4.74 Å². The highest BCUT2D eigenvalue weighted by Gasteiger charge is 2.43. The molecule has 0 heterocycles. The Kier molecular flexibility index (Phi) is 4.97. The Balaban J connectivity index is 2.34. The number of rotatable bonds is 4. The van der Waals surface area contributed by atoms with Crippen LogP contribution in [0.2, 0.25) is 0 Å². The van der Waals surface area contributed by atoms with Crippen LogP contribution in [0.4, 0.5) is 4.39 Å². The molecule has 1 saturated carbocycles. The molecule has 1 aromatic carbocycles. The summed E-state index contributed by atoms with van der Waals surface area (Å²) in [5.74, 6) is -0.107. The molecule has 2 rings (SSSR count). The zero-order valence-corrected chi connectivity index (χ0v) is 13.5. The molecule has 1 aromatic rings. The van der Waals surface area contributed by atoms with Gasteiger partial charge in [0.2, 0.25) is 0 Å². The highest BCUT2D eigenvalue weighted by molar-refractivity contribution is 9.10. The lowest BCUT2D eigenvalue weighted by molar-refractivity contribution is -0.0476. The van der Waals surface area contributed by atoms with E-state index in [9.17, 15) is 9.18 Å². The van der Waals surface area contributed by atoms with Gasteiger partial charge in [0.15, 0.2) is 5.78 Å². The van der Waals surface area contributed by atoms with E-state index >= 15 is 0 Å². The fourth-order valence-corrected chi connectivity index (χ4v) is 3.23. The lowest BCUT2D eigenvalue weighted by atomic mass is 9.75. The van der Waals surface area contributed by atoms with Crippen molar-refractivity contribution in [3.8, 4) is 0 Å². The molecule has 0 N–H and O–H groups in total. The smallest absolute Gasteiger partial charge is 0.197 e. The summed E-state index contributed by atoms with van der Waals surface area (Å²) >= 11 is 3.14. The predicted molar refractivity (Wildman–Crippen MR) is 80.4 cm³/mol. The van der Waals surface area contributed by atoms with Crippen LogP contribution in [0.3, 0.4) is 0 Å². The second kappa shape index (κ2) is 6.35. The van der Waals surface area contributed by atoms with Crippen LogP contribution in [-0.4, -0.2) is 18.0 Å². The number of carbonyl (C=O) groups excluding carboxylic acids is 1. The van der Waals surface area contributed by atoms with Crippen molar-refractivity contribution in [3.05, 3.63) is 34.1 Å². The highest BCUT2D eigenvalue weighted by Crippen LogP contribution is 2.38. The van der Waals surface area contributed by atoms with Gasteiger partial charge in [-0.15, -0.1) is 0 Å². The molecule has 20 heavy (non-hydrogen) atoms. The summed E-state index contributed by atoms with van der Waals surface area (Å²) in [6, 6.07) is 4.83. The van der Waals surface area contributed by atoms with E-state index < -0.39 is 11.4 Å². The summed E-state index contributed by atoms with van der Waals surface area (Å²) in [6.07, 6.45) is 3.24. The molecular formula is C16H20BrFO2. The van der Waals surface area contributed by atoms with Crippen molar-refractivity contribution in [2.24, 2.45) is 5.92 Å². The van der Waals surface area contributed by atoms with Gasteiger partial charge >= 0.3 is 0 Å². The van der Waals surface area contributed by atoms with Crippen molar-refractivity contribution >= 4 is 21.7 Å². The molecule has 4 heteroatoms. The predicted octanol–water partition coefficient (Wildman–Crippen LogP) is 4.76. The van der Waals surface area contributed by atoms with E-state index in [-0.39, 0.29) is 11.3 Å². The van der Waals surface area contributed by atoms with E-state index in [1.165, 1.54) is 0 Å². The largest absolute Gasteiger partial charge is 0.367 e. The third kappa shape index (κ3) is 2.96. The standard InChI is InChI=1S/C16H20BrFO2/c1-3-20-16(9-7-11(2)8-10-16)15(19)12-5-4-6-13(17)14(12)18/h4-6,11H,3,7-10H2,1-2H3. The first-order valence-corrected chi connectivity index (χ1v) is 7.92. The van der Waals surface area contributed by atoms with Crippen LogP contribution in [0.25, 0.3) is 0 Å². The molecule has 1 aliphatic carbocycles. The topological polar surface area (TPSA) is 26.3 Å². The van der Waals surface area contributed by atoms with Crippen LogP contribution in [0.15, 0.2) is 22.7 Å². The first-order valence-electron chi connectivity index (χ1n) is 7.13. The molecule has 1 aliphatic rings. The zero-order chi connectivity index (χ0) is 14.8. The Morgan fingerprint density at radius 1 is 1.45 bits per heavy atom. The van der Waals surface area contributed by atoms with Crippen LogP contribution in [-0.2, 0) is 4.74 Å². The number of ether oxygens (including phenoxy) is 1. The van der Waals surface area contributed by atoms with Gasteiger partial charge in [-0.2, -0.15) is 0 Å². The lowest BCUT2D eigenvalue weighted by Crippen LogP contribution is -2.45. The number of benzene rings is 1. The van der Waals surface area contributed by atoms with Gasteiger partial charge in [-0.3, -0.25) is 4.79 Å². The maximum atomic E-state index is 14.2. The molecule has 1 fully saturated rings. The zero-order valence-electron chi connectivity index (χ0n) is 11.9. The van der Waals surface area contributed by atoms with Crippen molar-refractivity contribution in [1.82, 2.24) is 0 Å². The Labute approximate surface area is 127 Å². The lowest BCUT2D eigenvalue weighted by Gasteiger charge is -2.37. The highest BCUT2D eigenvalue weighted by atomic mass is 79.9. The number of halogens is 2. The van der Waals surface area contributed by atoms with Gasteiger partial charge in [-0.25, -0.2) is 4.39 Å². The van der Waals surface area contributed by atoms with Crippen LogP contribution in [0, 0.1) is 11.7 Å². The summed E-state index contributed by atoms with van der Waals surface area (Å²) in [5, 5.41) is 0. The SMILES string of the molecule is CCOC1(C(=O)c2cccc(Br)c2F)CCC(C)CC1. The number of Topliss-reactive ketones (excluding diaryl/α,β-unsaturated/α-hetero) is 1. The van der Waals surface area contributed by atoms with Crippen LogP contribution < -0.4 is 0 Å². The Morgan fingerprint density at radius 2 is 2.10 bits per heavy atom. The van der Waals surface area contributed by atoms with Crippen molar-refractivity contribution in [1.29, 1.82) is 0 Å². The maximum absolute atomic E-state index is 14.2. The Bertz CT molecular complexity index is 493. The van der Waals surface area contributed by atoms with Gasteiger partial charge in [0.25, 0.3) is 0 Å². The number of carbonyl (C=O) groups is 1. The molecule has 0 radical (unpaired) electrons. The van der Waals surface area contributed by atoms with Crippen molar-refractivity contribution in [3.63, 3.8) is 0 Å². The summed E-state index contributed by atoms with van der Waals surface area (Å²) < 4.78 is 20.3. The van der Waals surface area contributed by atoms with Crippen LogP contribution >= 0.6 is 15.9 Å². The van der Waals surface area contributed by atoms with Gasteiger partial charge in [-0.1, -0.05) is 13.0 Å². The van der Waals surface area contributed by atoms with Gasteiger partial charge in [0.1, 0.15) is 11.4 Å². The minimum Gasteiger partial charge on any atom is -0.367 e.